The van der Waals surface area contributed by atoms with E-state index in [0.29, 0.717) is 46.5 Å². The third kappa shape index (κ3) is 5.83. The van der Waals surface area contributed by atoms with Gasteiger partial charge in [-0.15, -0.1) is 0 Å². The minimum Gasteiger partial charge on any atom is -0.494 e. The predicted octanol–water partition coefficient (Wildman–Crippen LogP) is 4.52. The molecule has 3 aromatic rings. The van der Waals surface area contributed by atoms with Crippen molar-refractivity contribution in [3.8, 4) is 28.5 Å². The van der Waals surface area contributed by atoms with Crippen LogP contribution in [0, 0.1) is 11.7 Å². The molecule has 1 saturated carbocycles. The van der Waals surface area contributed by atoms with Gasteiger partial charge in [0, 0.05) is 28.8 Å². The highest BCUT2D eigenvalue weighted by molar-refractivity contribution is 6.31. The molecule has 1 unspecified atom stereocenters. The Labute approximate surface area is 225 Å². The lowest BCUT2D eigenvalue weighted by Gasteiger charge is -2.30. The number of amides is 2. The van der Waals surface area contributed by atoms with Crippen LogP contribution < -0.4 is 25.3 Å². The zero-order chi connectivity index (χ0) is 27.4. The van der Waals surface area contributed by atoms with Crippen LogP contribution in [0.4, 0.5) is 4.39 Å². The number of rotatable bonds is 11. The standard InChI is InChI=1S/C28H29ClFN3O5/c1-28(18-6-7-18,15-32-27(35)17-5-9-21(23(13-17)37-3)38-14-25(31)34)24-11-10-22(36-2)26(33-24)16-4-8-20(30)19(29)12-16/h4-5,8-13,18H,6-7,14-15H2,1-3H3,(H2,31,34)(H,32,35). The Morgan fingerprint density at radius 1 is 1.08 bits per heavy atom. The zero-order valence-electron chi connectivity index (χ0n) is 21.3. The molecule has 3 N–H and O–H groups in total. The molecule has 0 aliphatic heterocycles. The second-order valence-electron chi connectivity index (χ2n) is 9.37. The van der Waals surface area contributed by atoms with Gasteiger partial charge < -0.3 is 25.3 Å². The highest BCUT2D eigenvalue weighted by Crippen LogP contribution is 2.47. The Hall–Kier alpha value is -3.85. The van der Waals surface area contributed by atoms with Crippen LogP contribution in [0.15, 0.2) is 48.5 Å². The Morgan fingerprint density at radius 3 is 2.42 bits per heavy atom. The number of hydrogen-bond acceptors (Lipinski definition) is 6. The van der Waals surface area contributed by atoms with E-state index in [9.17, 15) is 14.0 Å². The second-order valence-corrected chi connectivity index (χ2v) is 9.78. The fraction of sp³-hybridized carbons (Fsp3) is 0.321. The van der Waals surface area contributed by atoms with Gasteiger partial charge in [-0.3, -0.25) is 9.59 Å². The number of methoxy groups -OCH3 is 2. The lowest BCUT2D eigenvalue weighted by atomic mass is 9.80. The smallest absolute Gasteiger partial charge is 0.255 e. The zero-order valence-corrected chi connectivity index (χ0v) is 22.1. The van der Waals surface area contributed by atoms with Gasteiger partial charge in [-0.2, -0.15) is 0 Å². The third-order valence-corrected chi connectivity index (χ3v) is 7.04. The molecule has 2 amide bonds. The highest BCUT2D eigenvalue weighted by Gasteiger charge is 2.44. The van der Waals surface area contributed by atoms with Crippen molar-refractivity contribution in [2.75, 3.05) is 27.4 Å². The predicted molar refractivity (Wildman–Crippen MR) is 141 cm³/mol. The molecule has 1 atom stereocenters. The SMILES string of the molecule is COc1cc(C(=O)NCC(C)(c2ccc(OC)c(-c3ccc(F)c(Cl)c3)n2)C2CC2)ccc1OCC(N)=O. The normalized spacial score (nSPS) is 14.3. The van der Waals surface area contributed by atoms with E-state index in [1.165, 1.54) is 19.2 Å². The fourth-order valence-corrected chi connectivity index (χ4v) is 4.57. The van der Waals surface area contributed by atoms with E-state index in [0.717, 1.165) is 18.5 Å². The van der Waals surface area contributed by atoms with Crippen molar-refractivity contribution in [1.82, 2.24) is 10.3 Å². The van der Waals surface area contributed by atoms with Crippen molar-refractivity contribution in [2.24, 2.45) is 11.7 Å². The molecule has 10 heteroatoms. The van der Waals surface area contributed by atoms with Gasteiger partial charge >= 0.3 is 0 Å². The maximum Gasteiger partial charge on any atom is 0.255 e. The van der Waals surface area contributed by atoms with E-state index in [2.05, 4.69) is 12.2 Å². The van der Waals surface area contributed by atoms with Crippen LogP contribution in [-0.2, 0) is 10.2 Å². The van der Waals surface area contributed by atoms with Crippen LogP contribution in [0.3, 0.4) is 0 Å². The quantitative estimate of drug-likeness (QED) is 0.369. The summed E-state index contributed by atoms with van der Waals surface area (Å²) in [5.74, 6) is 0.0449. The number of nitrogens with two attached hydrogens (primary N) is 1. The maximum atomic E-state index is 13.8. The highest BCUT2D eigenvalue weighted by atomic mass is 35.5. The minimum atomic E-state index is -0.619. The van der Waals surface area contributed by atoms with Crippen LogP contribution >= 0.6 is 11.6 Å². The number of benzene rings is 2. The molecule has 0 spiro atoms. The number of aromatic nitrogens is 1. The van der Waals surface area contributed by atoms with Crippen LogP contribution in [0.5, 0.6) is 17.2 Å². The first-order chi connectivity index (χ1) is 18.2. The van der Waals surface area contributed by atoms with Gasteiger partial charge in [0.2, 0.25) is 0 Å². The van der Waals surface area contributed by atoms with Gasteiger partial charge in [-0.25, -0.2) is 9.37 Å². The van der Waals surface area contributed by atoms with Crippen LogP contribution in [0.2, 0.25) is 5.02 Å². The molecule has 38 heavy (non-hydrogen) atoms. The average molecular weight is 542 g/mol. The molecule has 0 saturated heterocycles. The number of nitrogens with zero attached hydrogens (tertiary/aromatic N) is 1. The van der Waals surface area contributed by atoms with Gasteiger partial charge in [-0.05, 0) is 67.3 Å². The number of carbonyl (C=O) groups is 2. The van der Waals surface area contributed by atoms with Crippen molar-refractivity contribution >= 4 is 23.4 Å². The summed E-state index contributed by atoms with van der Waals surface area (Å²) in [4.78, 5) is 29.0. The summed E-state index contributed by atoms with van der Waals surface area (Å²) >= 11 is 6.03. The Kier molecular flexibility index (Phi) is 8.06. The van der Waals surface area contributed by atoms with Crippen molar-refractivity contribution in [3.63, 3.8) is 0 Å². The van der Waals surface area contributed by atoms with Crippen molar-refractivity contribution in [1.29, 1.82) is 0 Å². The summed E-state index contributed by atoms with van der Waals surface area (Å²) in [5.41, 5.74) is 7.00. The molecular weight excluding hydrogens is 513 g/mol. The topological polar surface area (TPSA) is 113 Å². The minimum absolute atomic E-state index is 0.00422. The van der Waals surface area contributed by atoms with Gasteiger partial charge in [0.1, 0.15) is 17.3 Å². The number of pyridine rings is 1. The first-order valence-corrected chi connectivity index (χ1v) is 12.4. The van der Waals surface area contributed by atoms with Crippen molar-refractivity contribution < 1.29 is 28.2 Å². The lowest BCUT2D eigenvalue weighted by Crippen LogP contribution is -2.41. The molecule has 1 aliphatic carbocycles. The Balaban J connectivity index is 1.58. The number of ether oxygens (including phenoxy) is 3. The molecule has 8 nitrogen and oxygen atoms in total. The summed E-state index contributed by atoms with van der Waals surface area (Å²) in [6.07, 6.45) is 2.02. The number of hydrogen-bond donors (Lipinski definition) is 2. The van der Waals surface area contributed by atoms with E-state index < -0.39 is 17.1 Å². The molecular formula is C28H29ClFN3O5. The van der Waals surface area contributed by atoms with E-state index in [1.807, 2.05) is 12.1 Å². The van der Waals surface area contributed by atoms with Crippen molar-refractivity contribution in [3.05, 3.63) is 70.6 Å². The lowest BCUT2D eigenvalue weighted by molar-refractivity contribution is -0.119. The molecule has 4 rings (SSSR count). The number of carbonyl (C=O) groups excluding carboxylic acids is 2. The van der Waals surface area contributed by atoms with E-state index in [-0.39, 0.29) is 17.5 Å². The molecule has 1 heterocycles. The van der Waals surface area contributed by atoms with Gasteiger partial charge in [-0.1, -0.05) is 18.5 Å². The first kappa shape index (κ1) is 27.2. The third-order valence-electron chi connectivity index (χ3n) is 6.75. The van der Waals surface area contributed by atoms with E-state index in [4.69, 9.17) is 36.5 Å². The molecule has 200 valence electrons. The molecule has 1 aliphatic rings. The van der Waals surface area contributed by atoms with Crippen LogP contribution in [0.25, 0.3) is 11.3 Å². The van der Waals surface area contributed by atoms with Gasteiger partial charge in [0.15, 0.2) is 18.1 Å². The van der Waals surface area contributed by atoms with Gasteiger partial charge in [0.25, 0.3) is 11.8 Å². The molecule has 1 fully saturated rings. The Bertz CT molecular complexity index is 1360. The second kappa shape index (κ2) is 11.3. The largest absolute Gasteiger partial charge is 0.494 e. The van der Waals surface area contributed by atoms with Crippen molar-refractivity contribution in [2.45, 2.75) is 25.2 Å². The summed E-state index contributed by atoms with van der Waals surface area (Å²) < 4.78 is 29.9. The summed E-state index contributed by atoms with van der Waals surface area (Å²) in [7, 11) is 2.99. The molecule has 2 aromatic carbocycles. The summed E-state index contributed by atoms with van der Waals surface area (Å²) in [6, 6.07) is 12.8. The van der Waals surface area contributed by atoms with Crippen LogP contribution in [0.1, 0.15) is 35.8 Å². The van der Waals surface area contributed by atoms with Crippen LogP contribution in [-0.4, -0.2) is 44.2 Å². The van der Waals surface area contributed by atoms with Gasteiger partial charge in [0.05, 0.1) is 19.2 Å². The maximum absolute atomic E-state index is 13.8. The number of halogens is 2. The molecule has 1 aromatic heterocycles. The fourth-order valence-electron chi connectivity index (χ4n) is 4.39. The summed E-state index contributed by atoms with van der Waals surface area (Å²) in [6.45, 7) is 2.10. The van der Waals surface area contributed by atoms with E-state index >= 15 is 0 Å². The number of nitrogens with one attached hydrogen (secondary N) is 1. The first-order valence-electron chi connectivity index (χ1n) is 12.0. The van der Waals surface area contributed by atoms with E-state index in [1.54, 1.807) is 31.4 Å². The summed E-state index contributed by atoms with van der Waals surface area (Å²) in [5, 5.41) is 3.03. The molecule has 0 radical (unpaired) electrons. The number of primary amides is 1. The molecule has 0 bridgehead atoms. The Morgan fingerprint density at radius 2 is 1.79 bits per heavy atom. The average Bonchev–Trinajstić information content (AvgIpc) is 3.77. The monoisotopic (exact) mass is 541 g/mol.